The lowest BCUT2D eigenvalue weighted by Crippen LogP contribution is -2.49. The molecule has 2 unspecified atom stereocenters. The molecule has 2 rings (SSSR count). The summed E-state index contributed by atoms with van der Waals surface area (Å²) in [5.74, 6) is 0.123. The number of hydrogen-bond acceptors (Lipinski definition) is 6. The van der Waals surface area contributed by atoms with Gasteiger partial charge in [0, 0.05) is 26.2 Å². The van der Waals surface area contributed by atoms with E-state index in [1.807, 2.05) is 6.07 Å². The number of rotatable bonds is 4. The first-order valence-electron chi connectivity index (χ1n) is 7.59. The summed E-state index contributed by atoms with van der Waals surface area (Å²) in [6.07, 6.45) is 4.17. The van der Waals surface area contributed by atoms with Gasteiger partial charge in [-0.2, -0.15) is 5.26 Å². The minimum Gasteiger partial charge on any atom is -0.366 e. The number of aromatic nitrogens is 2. The molecular weight excluding hydrogens is 334 g/mol. The fraction of sp³-hybridized carbons (Fsp3) is 0.643. The van der Waals surface area contributed by atoms with Gasteiger partial charge in [0.2, 0.25) is 10.0 Å². The summed E-state index contributed by atoms with van der Waals surface area (Å²) in [5.41, 5.74) is -1.39. The Balaban J connectivity index is 2.44. The first-order valence-corrected chi connectivity index (χ1v) is 9.49. The van der Waals surface area contributed by atoms with Crippen molar-refractivity contribution >= 4 is 15.8 Å². The topological polar surface area (TPSA) is 126 Å². The number of anilines is 1. The maximum absolute atomic E-state index is 12.1. The zero-order valence-electron chi connectivity index (χ0n) is 13.9. The van der Waals surface area contributed by atoms with Crippen molar-refractivity contribution in [3.05, 3.63) is 26.4 Å². The summed E-state index contributed by atoms with van der Waals surface area (Å²) in [7, 11) is -0.613. The van der Waals surface area contributed by atoms with Crippen LogP contribution in [-0.2, 0) is 24.1 Å². The Morgan fingerprint density at radius 3 is 2.25 bits per heavy atom. The Labute approximate surface area is 140 Å². The van der Waals surface area contributed by atoms with E-state index in [0.717, 1.165) is 23.7 Å². The summed E-state index contributed by atoms with van der Waals surface area (Å²) < 4.78 is 27.7. The van der Waals surface area contributed by atoms with Gasteiger partial charge in [-0.15, -0.1) is 0 Å². The molecule has 1 saturated carbocycles. The van der Waals surface area contributed by atoms with Crippen LogP contribution in [0.5, 0.6) is 0 Å². The Morgan fingerprint density at radius 2 is 1.71 bits per heavy atom. The van der Waals surface area contributed by atoms with Crippen molar-refractivity contribution in [3.63, 3.8) is 0 Å². The molecule has 0 aromatic carbocycles. The molecule has 1 aromatic heterocycles. The molecule has 1 heterocycles. The highest BCUT2D eigenvalue weighted by Crippen LogP contribution is 2.23. The normalized spacial score (nSPS) is 21.2. The number of sulfonamides is 1. The van der Waals surface area contributed by atoms with Crippen LogP contribution in [0.2, 0.25) is 0 Å². The fourth-order valence-electron chi connectivity index (χ4n) is 3.01. The first-order chi connectivity index (χ1) is 11.2. The van der Waals surface area contributed by atoms with Crippen LogP contribution in [0.25, 0.3) is 0 Å². The van der Waals surface area contributed by atoms with E-state index in [1.165, 1.54) is 18.7 Å². The minimum atomic E-state index is -3.39. The molecule has 0 saturated heterocycles. The van der Waals surface area contributed by atoms with Gasteiger partial charge in [0.1, 0.15) is 11.9 Å². The second-order valence-corrected chi connectivity index (χ2v) is 7.85. The number of hydrogen-bond donors (Lipinski definition) is 2. The molecule has 0 bridgehead atoms. The van der Waals surface area contributed by atoms with Crippen molar-refractivity contribution in [2.45, 2.75) is 37.8 Å². The molecule has 0 amide bonds. The van der Waals surface area contributed by atoms with Crippen molar-refractivity contribution in [2.24, 2.45) is 14.1 Å². The van der Waals surface area contributed by atoms with Crippen LogP contribution in [0, 0.1) is 11.3 Å². The molecule has 1 aliphatic rings. The molecule has 10 heteroatoms. The van der Waals surface area contributed by atoms with E-state index in [9.17, 15) is 23.3 Å². The molecule has 24 heavy (non-hydrogen) atoms. The maximum atomic E-state index is 12.1. The Morgan fingerprint density at radius 1 is 1.12 bits per heavy atom. The summed E-state index contributed by atoms with van der Waals surface area (Å²) in [5, 5.41) is 12.3. The lowest BCUT2D eigenvalue weighted by atomic mass is 9.91. The van der Waals surface area contributed by atoms with Gasteiger partial charge in [0.15, 0.2) is 5.56 Å². The van der Waals surface area contributed by atoms with E-state index < -0.39 is 21.3 Å². The third-order valence-electron chi connectivity index (χ3n) is 4.23. The van der Waals surface area contributed by atoms with Crippen molar-refractivity contribution in [1.29, 1.82) is 5.26 Å². The van der Waals surface area contributed by atoms with Crippen LogP contribution in [0.3, 0.4) is 0 Å². The molecule has 2 atom stereocenters. The number of nitrogens with one attached hydrogen (secondary N) is 2. The molecular formula is C14H21N5O4S. The van der Waals surface area contributed by atoms with Crippen LogP contribution in [-0.4, -0.2) is 35.9 Å². The van der Waals surface area contributed by atoms with Crippen molar-refractivity contribution in [2.75, 3.05) is 11.6 Å². The van der Waals surface area contributed by atoms with E-state index >= 15 is 0 Å². The molecule has 9 nitrogen and oxygen atoms in total. The van der Waals surface area contributed by atoms with Crippen molar-refractivity contribution in [3.8, 4) is 6.07 Å². The van der Waals surface area contributed by atoms with Crippen LogP contribution in [0.1, 0.15) is 31.2 Å². The summed E-state index contributed by atoms with van der Waals surface area (Å²) >= 11 is 0. The number of nitrogens with zero attached hydrogens (tertiary/aromatic N) is 3. The summed E-state index contributed by atoms with van der Waals surface area (Å²) in [6, 6.07) is 1.16. The smallest absolute Gasteiger partial charge is 0.332 e. The van der Waals surface area contributed by atoms with Gasteiger partial charge < -0.3 is 5.32 Å². The second kappa shape index (κ2) is 6.78. The van der Waals surface area contributed by atoms with Gasteiger partial charge in [-0.05, 0) is 12.8 Å². The predicted octanol–water partition coefficient (Wildman–Crippen LogP) is -0.772. The molecule has 132 valence electrons. The minimum absolute atomic E-state index is 0.123. The molecule has 0 aliphatic heterocycles. The molecule has 0 spiro atoms. The fourth-order valence-corrected chi connectivity index (χ4v) is 3.84. The highest BCUT2D eigenvalue weighted by Gasteiger charge is 2.29. The van der Waals surface area contributed by atoms with Crippen LogP contribution in [0.4, 0.5) is 5.82 Å². The molecule has 2 N–H and O–H groups in total. The Bertz CT molecular complexity index is 893. The standard InChI is InChI=1S/C14H21N5O4S/c1-18-12(9(8-15)13(20)19(2)14(18)21)16-10-6-4-5-7-11(10)17-24(3,22)23/h10-11,16-17H,4-7H2,1-3H3. The zero-order valence-corrected chi connectivity index (χ0v) is 14.7. The summed E-state index contributed by atoms with van der Waals surface area (Å²) in [6.45, 7) is 0. The monoisotopic (exact) mass is 355 g/mol. The highest BCUT2D eigenvalue weighted by molar-refractivity contribution is 7.88. The van der Waals surface area contributed by atoms with E-state index in [1.54, 1.807) is 0 Å². The summed E-state index contributed by atoms with van der Waals surface area (Å²) in [4.78, 5) is 24.2. The first kappa shape index (κ1) is 18.2. The largest absolute Gasteiger partial charge is 0.366 e. The van der Waals surface area contributed by atoms with Gasteiger partial charge in [-0.25, -0.2) is 17.9 Å². The Kier molecular flexibility index (Phi) is 5.15. The molecule has 1 fully saturated rings. The quantitative estimate of drug-likeness (QED) is 0.730. The van der Waals surface area contributed by atoms with Crippen molar-refractivity contribution < 1.29 is 8.42 Å². The maximum Gasteiger partial charge on any atom is 0.332 e. The van der Waals surface area contributed by atoms with Gasteiger partial charge in [-0.3, -0.25) is 13.9 Å². The van der Waals surface area contributed by atoms with E-state index in [2.05, 4.69) is 10.0 Å². The third-order valence-corrected chi connectivity index (χ3v) is 4.96. The van der Waals surface area contributed by atoms with Crippen LogP contribution < -0.4 is 21.3 Å². The number of nitriles is 1. The highest BCUT2D eigenvalue weighted by atomic mass is 32.2. The van der Waals surface area contributed by atoms with E-state index in [0.29, 0.717) is 12.8 Å². The van der Waals surface area contributed by atoms with E-state index in [4.69, 9.17) is 0 Å². The van der Waals surface area contributed by atoms with Gasteiger partial charge >= 0.3 is 5.69 Å². The average molecular weight is 355 g/mol. The van der Waals surface area contributed by atoms with Gasteiger partial charge in [0.25, 0.3) is 5.56 Å². The lowest BCUT2D eigenvalue weighted by Gasteiger charge is -2.33. The van der Waals surface area contributed by atoms with Crippen LogP contribution in [0.15, 0.2) is 9.59 Å². The molecule has 0 radical (unpaired) electrons. The van der Waals surface area contributed by atoms with Gasteiger partial charge in [0.05, 0.1) is 6.26 Å². The average Bonchev–Trinajstić information content (AvgIpc) is 2.51. The van der Waals surface area contributed by atoms with Gasteiger partial charge in [-0.1, -0.05) is 12.8 Å². The van der Waals surface area contributed by atoms with Crippen molar-refractivity contribution in [1.82, 2.24) is 13.9 Å². The van der Waals surface area contributed by atoms with Crippen LogP contribution >= 0.6 is 0 Å². The second-order valence-electron chi connectivity index (χ2n) is 6.07. The lowest BCUT2D eigenvalue weighted by molar-refractivity contribution is 0.377. The molecule has 1 aromatic rings. The molecule has 1 aliphatic carbocycles. The predicted molar refractivity (Wildman–Crippen MR) is 89.3 cm³/mol. The SMILES string of the molecule is Cn1c(NC2CCCCC2NS(C)(=O)=O)c(C#N)c(=O)n(C)c1=O. The van der Waals surface area contributed by atoms with E-state index in [-0.39, 0.29) is 23.5 Å². The third kappa shape index (κ3) is 3.68. The Hall–Kier alpha value is -2.12. The zero-order chi connectivity index (χ0) is 18.1.